The minimum Gasteiger partial charge on any atom is -0.281 e. The summed E-state index contributed by atoms with van der Waals surface area (Å²) < 4.78 is 15.1. The van der Waals surface area contributed by atoms with Crippen molar-refractivity contribution in [1.29, 1.82) is 0 Å². The molecule has 30 heavy (non-hydrogen) atoms. The van der Waals surface area contributed by atoms with Crippen molar-refractivity contribution in [3.05, 3.63) is 72.4 Å². The Kier molecular flexibility index (Phi) is 4.75. The van der Waals surface area contributed by atoms with E-state index < -0.39 is 0 Å². The van der Waals surface area contributed by atoms with Crippen LogP contribution in [0.5, 0.6) is 0 Å². The van der Waals surface area contributed by atoms with Crippen molar-refractivity contribution in [3.63, 3.8) is 0 Å². The lowest BCUT2D eigenvalue weighted by Crippen LogP contribution is -2.32. The van der Waals surface area contributed by atoms with Gasteiger partial charge in [-0.15, -0.1) is 11.5 Å². The number of terminal acetylenes is 1. The highest BCUT2D eigenvalue weighted by Gasteiger charge is 2.30. The predicted octanol–water partition coefficient (Wildman–Crippen LogP) is 3.78. The molecule has 0 saturated heterocycles. The number of hydrogen-bond acceptors (Lipinski definition) is 6. The van der Waals surface area contributed by atoms with Gasteiger partial charge in [-0.25, -0.2) is 19.0 Å². The van der Waals surface area contributed by atoms with Crippen LogP contribution in [0.15, 0.2) is 71.2 Å². The van der Waals surface area contributed by atoms with Gasteiger partial charge in [-0.1, -0.05) is 18.1 Å². The lowest BCUT2D eigenvalue weighted by molar-refractivity contribution is 0.404. The molecule has 4 aromatic rings. The number of fused-ring (bicyclic) bond motifs is 2. The quantitative estimate of drug-likeness (QED) is 0.513. The lowest BCUT2D eigenvalue weighted by Gasteiger charge is -2.26. The van der Waals surface area contributed by atoms with Crippen molar-refractivity contribution in [1.82, 2.24) is 30.0 Å². The number of benzene rings is 1. The van der Waals surface area contributed by atoms with Crippen LogP contribution in [-0.4, -0.2) is 31.3 Å². The largest absolute Gasteiger partial charge is 0.281 e. The van der Waals surface area contributed by atoms with Crippen molar-refractivity contribution in [2.45, 2.75) is 16.3 Å². The molecule has 6 nitrogen and oxygen atoms in total. The van der Waals surface area contributed by atoms with E-state index in [9.17, 15) is 4.39 Å². The van der Waals surface area contributed by atoms with Crippen LogP contribution in [0.1, 0.15) is 11.7 Å². The van der Waals surface area contributed by atoms with E-state index in [0.29, 0.717) is 12.4 Å². The number of nitrogens with one attached hydrogen (secondary N) is 1. The molecule has 0 amide bonds. The molecular formula is C22H15FN6S. The summed E-state index contributed by atoms with van der Waals surface area (Å²) in [4.78, 5) is 13.4. The molecule has 0 aliphatic carbocycles. The Morgan fingerprint density at radius 1 is 1.10 bits per heavy atom. The fourth-order valence-electron chi connectivity index (χ4n) is 3.29. The van der Waals surface area contributed by atoms with Crippen LogP contribution in [0.2, 0.25) is 0 Å². The van der Waals surface area contributed by atoms with Crippen LogP contribution in [0.4, 0.5) is 4.39 Å². The summed E-state index contributed by atoms with van der Waals surface area (Å²) >= 11 is 1.45. The highest BCUT2D eigenvalue weighted by Crippen LogP contribution is 2.40. The maximum absolute atomic E-state index is 13.3. The van der Waals surface area contributed by atoms with Gasteiger partial charge in [-0.3, -0.25) is 10.3 Å². The molecule has 0 bridgehead atoms. The number of pyridine rings is 2. The zero-order valence-electron chi connectivity index (χ0n) is 15.7. The van der Waals surface area contributed by atoms with Gasteiger partial charge >= 0.3 is 0 Å². The fraction of sp³-hybridized carbons (Fsp3) is 0.0909. The fourth-order valence-corrected chi connectivity index (χ4v) is 4.23. The predicted molar refractivity (Wildman–Crippen MR) is 112 cm³/mol. The summed E-state index contributed by atoms with van der Waals surface area (Å²) in [7, 11) is 0. The maximum Gasteiger partial charge on any atom is 0.194 e. The first kappa shape index (κ1) is 18.5. The van der Waals surface area contributed by atoms with Gasteiger partial charge < -0.3 is 0 Å². The third kappa shape index (κ3) is 3.34. The third-order valence-corrected chi connectivity index (χ3v) is 5.71. The number of halogens is 1. The van der Waals surface area contributed by atoms with Gasteiger partial charge in [-0.05, 0) is 47.7 Å². The van der Waals surface area contributed by atoms with E-state index in [1.54, 1.807) is 30.7 Å². The Balaban J connectivity index is 1.59. The second-order valence-corrected chi connectivity index (χ2v) is 7.57. The van der Waals surface area contributed by atoms with Crippen molar-refractivity contribution in [2.75, 3.05) is 6.54 Å². The number of hydrogen-bond donors (Lipinski definition) is 1. The molecule has 1 aliphatic heterocycles. The van der Waals surface area contributed by atoms with Gasteiger partial charge in [0.1, 0.15) is 17.0 Å². The van der Waals surface area contributed by atoms with Crippen LogP contribution in [-0.2, 0) is 0 Å². The third-order valence-electron chi connectivity index (χ3n) is 4.72. The van der Waals surface area contributed by atoms with Gasteiger partial charge in [-0.2, -0.15) is 0 Å². The summed E-state index contributed by atoms with van der Waals surface area (Å²) in [5.74, 6) is 2.95. The highest BCUT2D eigenvalue weighted by molar-refractivity contribution is 7.99. The Hall–Kier alpha value is -3.54. The molecule has 1 atom stereocenters. The molecule has 3 aromatic heterocycles. The first-order chi connectivity index (χ1) is 14.7. The van der Waals surface area contributed by atoms with Crippen LogP contribution in [0.25, 0.3) is 22.5 Å². The number of aromatic nitrogens is 5. The first-order valence-electron chi connectivity index (χ1n) is 9.20. The zero-order chi connectivity index (χ0) is 20.5. The Morgan fingerprint density at radius 3 is 2.67 bits per heavy atom. The molecule has 1 aliphatic rings. The minimum atomic E-state index is -0.316. The van der Waals surface area contributed by atoms with Crippen molar-refractivity contribution in [2.24, 2.45) is 0 Å². The lowest BCUT2D eigenvalue weighted by atomic mass is 10.0. The van der Waals surface area contributed by atoms with Crippen molar-refractivity contribution < 1.29 is 4.39 Å². The van der Waals surface area contributed by atoms with E-state index in [-0.39, 0.29) is 12.0 Å². The van der Waals surface area contributed by atoms with Gasteiger partial charge in [0.05, 0.1) is 6.54 Å². The Bertz CT molecular complexity index is 1250. The van der Waals surface area contributed by atoms with Crippen LogP contribution in [0, 0.1) is 18.2 Å². The normalized spacial score (nSPS) is 14.6. The minimum absolute atomic E-state index is 0.273. The van der Waals surface area contributed by atoms with Crippen molar-refractivity contribution >= 4 is 11.8 Å². The van der Waals surface area contributed by atoms with Gasteiger partial charge in [0.25, 0.3) is 0 Å². The molecule has 0 unspecified atom stereocenters. The summed E-state index contributed by atoms with van der Waals surface area (Å²) in [6.07, 6.45) is 10.4. The molecule has 1 aromatic carbocycles. The average Bonchev–Trinajstić information content (AvgIpc) is 3.21. The molecule has 0 spiro atoms. The summed E-state index contributed by atoms with van der Waals surface area (Å²) in [5, 5.41) is 9.61. The first-order valence-corrected chi connectivity index (χ1v) is 10.0. The van der Waals surface area contributed by atoms with Gasteiger partial charge in [0, 0.05) is 35.3 Å². The van der Waals surface area contributed by atoms with E-state index in [1.807, 2.05) is 22.9 Å². The summed E-state index contributed by atoms with van der Waals surface area (Å²) in [5.41, 5.74) is 3.59. The van der Waals surface area contributed by atoms with Gasteiger partial charge in [0.15, 0.2) is 11.0 Å². The molecular weight excluding hydrogens is 399 g/mol. The van der Waals surface area contributed by atoms with E-state index in [2.05, 4.69) is 26.2 Å². The van der Waals surface area contributed by atoms with E-state index in [4.69, 9.17) is 11.5 Å². The summed E-state index contributed by atoms with van der Waals surface area (Å²) in [6, 6.07) is 12.1. The molecule has 4 heterocycles. The topological polar surface area (TPSA) is 68.5 Å². The second-order valence-electron chi connectivity index (χ2n) is 6.61. The Morgan fingerprint density at radius 2 is 1.90 bits per heavy atom. The smallest absolute Gasteiger partial charge is 0.194 e. The zero-order valence-corrected chi connectivity index (χ0v) is 16.5. The average molecular weight is 414 g/mol. The molecule has 146 valence electrons. The molecule has 8 heteroatoms. The standard InChI is InChI=1S/C22H15FN6S/c1-2-9-25-20-18-12-16(14-3-5-17(23)6-4-14)13-26-21(18)30-22-27-19(28-29(20)22)15-7-10-24-11-8-15/h1,3-8,10-13,20,25H,9H2/t20-/m1/s1. The maximum atomic E-state index is 13.3. The number of nitrogens with zero attached hydrogens (tertiary/aromatic N) is 5. The molecule has 0 saturated carbocycles. The molecule has 1 N–H and O–H groups in total. The van der Waals surface area contributed by atoms with Crippen LogP contribution in [0.3, 0.4) is 0 Å². The van der Waals surface area contributed by atoms with E-state index >= 15 is 0 Å². The number of rotatable bonds is 4. The molecule has 0 fully saturated rings. The molecule has 5 rings (SSSR count). The summed E-state index contributed by atoms with van der Waals surface area (Å²) in [6.45, 7) is 0.361. The molecule has 0 radical (unpaired) electrons. The highest BCUT2D eigenvalue weighted by atomic mass is 32.2. The Labute approximate surface area is 176 Å². The van der Waals surface area contributed by atoms with Crippen LogP contribution >= 0.6 is 11.8 Å². The van der Waals surface area contributed by atoms with Gasteiger partial charge in [0.2, 0.25) is 0 Å². The monoisotopic (exact) mass is 414 g/mol. The second kappa shape index (κ2) is 7.71. The van der Waals surface area contributed by atoms with Crippen molar-refractivity contribution in [3.8, 4) is 34.9 Å². The SMILES string of the molecule is C#CCN[C@H]1c2cc(-c3ccc(F)cc3)cnc2Sc2nc(-c3ccncc3)nn21. The van der Waals surface area contributed by atoms with Crippen LogP contribution < -0.4 is 5.32 Å². The van der Waals surface area contributed by atoms with E-state index in [1.165, 1.54) is 23.9 Å². The van der Waals surface area contributed by atoms with E-state index in [0.717, 1.165) is 32.4 Å².